The molecule has 0 N–H and O–H groups in total. The van der Waals surface area contributed by atoms with Gasteiger partial charge in [-0.15, -0.1) is 0 Å². The van der Waals surface area contributed by atoms with Gasteiger partial charge in [0.25, 0.3) is 0 Å². The molecule has 0 bridgehead atoms. The van der Waals surface area contributed by atoms with E-state index in [-0.39, 0.29) is 0 Å². The van der Waals surface area contributed by atoms with Crippen LogP contribution in [0.2, 0.25) is 0 Å². The molecule has 0 amide bonds. The van der Waals surface area contributed by atoms with E-state index >= 15 is 0 Å². The lowest BCUT2D eigenvalue weighted by Gasteiger charge is -2.12. The van der Waals surface area contributed by atoms with Crippen molar-refractivity contribution >= 4 is 65.7 Å². The van der Waals surface area contributed by atoms with Gasteiger partial charge < -0.3 is 13.4 Å². The molecule has 4 heterocycles. The second kappa shape index (κ2) is 12.3. The Bertz CT molecular complexity index is 3530. The fraction of sp³-hybridized carbons (Fsp3) is 0. The van der Waals surface area contributed by atoms with Crippen LogP contribution >= 0.6 is 0 Å². The van der Waals surface area contributed by atoms with Gasteiger partial charge in [0.15, 0.2) is 17.5 Å². The van der Waals surface area contributed by atoms with E-state index in [4.69, 9.17) is 23.8 Å². The Morgan fingerprint density at radius 3 is 1.70 bits per heavy atom. The van der Waals surface area contributed by atoms with E-state index in [0.717, 1.165) is 99.2 Å². The molecule has 12 rings (SSSR count). The maximum Gasteiger partial charge on any atom is 0.164 e. The van der Waals surface area contributed by atoms with E-state index in [1.165, 1.54) is 0 Å². The molecular weight excluding hydrogens is 701 g/mol. The number of hydrogen-bond acceptors (Lipinski definition) is 5. The van der Waals surface area contributed by atoms with E-state index in [1.807, 2.05) is 60.7 Å². The molecule has 12 aromatic rings. The first-order chi connectivity index (χ1) is 28.3. The molecule has 4 aromatic heterocycles. The van der Waals surface area contributed by atoms with Crippen molar-refractivity contribution in [2.75, 3.05) is 0 Å². The highest BCUT2D eigenvalue weighted by molar-refractivity contribution is 6.18. The zero-order valence-corrected chi connectivity index (χ0v) is 30.4. The summed E-state index contributed by atoms with van der Waals surface area (Å²) in [5.41, 5.74) is 11.6. The van der Waals surface area contributed by atoms with Gasteiger partial charge in [-0.05, 0) is 65.7 Å². The number of furan rings is 2. The average molecular weight is 731 g/mol. The summed E-state index contributed by atoms with van der Waals surface area (Å²) in [4.78, 5) is 15.4. The molecule has 0 radical (unpaired) electrons. The van der Waals surface area contributed by atoms with Crippen molar-refractivity contribution in [3.05, 3.63) is 182 Å². The van der Waals surface area contributed by atoms with Crippen molar-refractivity contribution in [1.29, 1.82) is 0 Å². The van der Waals surface area contributed by atoms with E-state index < -0.39 is 0 Å². The summed E-state index contributed by atoms with van der Waals surface area (Å²) in [5.74, 6) is 1.79. The van der Waals surface area contributed by atoms with Gasteiger partial charge in [-0.1, -0.05) is 127 Å². The zero-order valence-electron chi connectivity index (χ0n) is 30.4. The zero-order chi connectivity index (χ0) is 37.5. The molecule has 6 heteroatoms. The fourth-order valence-corrected chi connectivity index (χ4v) is 8.57. The van der Waals surface area contributed by atoms with Gasteiger partial charge >= 0.3 is 0 Å². The Labute approximate surface area is 325 Å². The Hall–Kier alpha value is -7.83. The van der Waals surface area contributed by atoms with Crippen LogP contribution in [-0.2, 0) is 0 Å². The van der Waals surface area contributed by atoms with E-state index in [9.17, 15) is 0 Å². The van der Waals surface area contributed by atoms with Crippen molar-refractivity contribution < 1.29 is 8.83 Å². The van der Waals surface area contributed by atoms with Gasteiger partial charge in [-0.3, -0.25) is 0 Å². The second-order valence-corrected chi connectivity index (χ2v) is 14.3. The Balaban J connectivity index is 1.10. The van der Waals surface area contributed by atoms with Crippen LogP contribution in [0.15, 0.2) is 191 Å². The van der Waals surface area contributed by atoms with E-state index in [2.05, 4.69) is 126 Å². The first-order valence-corrected chi connectivity index (χ1v) is 19.0. The number of nitrogens with zero attached hydrogens (tertiary/aromatic N) is 4. The van der Waals surface area contributed by atoms with Gasteiger partial charge in [0, 0.05) is 43.6 Å². The second-order valence-electron chi connectivity index (χ2n) is 14.3. The third-order valence-corrected chi connectivity index (χ3v) is 11.1. The molecule has 57 heavy (non-hydrogen) atoms. The SMILES string of the molecule is c1ccc(-c2nc(-c3ccc4c(c3)c3ccccc3n4-c3cccc4oc5cccc(-c6ccccc6)c5c34)nc(-c3cccc4oc5ccccc5c34)n2)cc1. The lowest BCUT2D eigenvalue weighted by Crippen LogP contribution is -2.00. The molecule has 0 aliphatic rings. The molecule has 0 aliphatic carbocycles. The minimum atomic E-state index is 0.589. The highest BCUT2D eigenvalue weighted by Crippen LogP contribution is 2.43. The molecule has 0 spiro atoms. The molecule has 6 nitrogen and oxygen atoms in total. The Morgan fingerprint density at radius 2 is 0.895 bits per heavy atom. The van der Waals surface area contributed by atoms with Crippen LogP contribution in [0.25, 0.3) is 117 Å². The molecule has 0 aliphatic heterocycles. The minimum absolute atomic E-state index is 0.589. The maximum absolute atomic E-state index is 6.55. The minimum Gasteiger partial charge on any atom is -0.456 e. The molecular formula is C51H30N4O2. The fourth-order valence-electron chi connectivity index (χ4n) is 8.57. The number of para-hydroxylation sites is 2. The van der Waals surface area contributed by atoms with Gasteiger partial charge in [-0.25, -0.2) is 15.0 Å². The van der Waals surface area contributed by atoms with Gasteiger partial charge in [0.2, 0.25) is 0 Å². The largest absolute Gasteiger partial charge is 0.456 e. The summed E-state index contributed by atoms with van der Waals surface area (Å²) in [7, 11) is 0. The topological polar surface area (TPSA) is 69.9 Å². The summed E-state index contributed by atoms with van der Waals surface area (Å²) in [6.07, 6.45) is 0. The number of benzene rings is 8. The van der Waals surface area contributed by atoms with Crippen molar-refractivity contribution in [3.8, 4) is 51.0 Å². The number of hydrogen-bond donors (Lipinski definition) is 0. The van der Waals surface area contributed by atoms with Crippen molar-refractivity contribution in [3.63, 3.8) is 0 Å². The average Bonchev–Trinajstić information content (AvgIpc) is 3.96. The smallest absolute Gasteiger partial charge is 0.164 e. The predicted molar refractivity (Wildman–Crippen MR) is 230 cm³/mol. The molecule has 0 unspecified atom stereocenters. The molecule has 0 saturated heterocycles. The van der Waals surface area contributed by atoms with Crippen LogP contribution in [0, 0.1) is 0 Å². The van der Waals surface area contributed by atoms with Crippen molar-refractivity contribution in [2.24, 2.45) is 0 Å². The van der Waals surface area contributed by atoms with E-state index in [1.54, 1.807) is 0 Å². The first kappa shape index (κ1) is 31.5. The molecule has 8 aromatic carbocycles. The highest BCUT2D eigenvalue weighted by Gasteiger charge is 2.22. The molecule has 0 fully saturated rings. The van der Waals surface area contributed by atoms with Crippen molar-refractivity contribution in [1.82, 2.24) is 19.5 Å². The lowest BCUT2D eigenvalue weighted by molar-refractivity contribution is 0.668. The Kier molecular flexibility index (Phi) is 6.83. The first-order valence-electron chi connectivity index (χ1n) is 19.0. The monoisotopic (exact) mass is 730 g/mol. The summed E-state index contributed by atoms with van der Waals surface area (Å²) in [5, 5.41) is 6.42. The van der Waals surface area contributed by atoms with E-state index in [0.29, 0.717) is 17.5 Å². The standard InChI is InChI=1S/C51H30N4O2/c1-3-14-31(15-4-1)34-20-11-26-44-47(34)48-41(23-13-27-45(48)57-44)55-39-22-9-7-18-35(39)38-30-33(28-29-40(38)55)50-52-49(32-16-5-2-6-17-32)53-51(54-50)37-21-12-25-43-46(37)36-19-8-10-24-42(36)56-43/h1-30H. The van der Waals surface area contributed by atoms with Gasteiger partial charge in [0.1, 0.15) is 22.3 Å². The molecule has 0 saturated carbocycles. The third kappa shape index (κ3) is 4.87. The molecule has 0 atom stereocenters. The van der Waals surface area contributed by atoms with Crippen LogP contribution < -0.4 is 0 Å². The maximum atomic E-state index is 6.55. The predicted octanol–water partition coefficient (Wildman–Crippen LogP) is 13.4. The van der Waals surface area contributed by atoms with Crippen LogP contribution in [0.4, 0.5) is 0 Å². The summed E-state index contributed by atoms with van der Waals surface area (Å²) < 4.78 is 15.2. The van der Waals surface area contributed by atoms with Crippen LogP contribution in [-0.4, -0.2) is 19.5 Å². The van der Waals surface area contributed by atoms with Crippen LogP contribution in [0.3, 0.4) is 0 Å². The number of rotatable bonds is 5. The highest BCUT2D eigenvalue weighted by atomic mass is 16.3. The van der Waals surface area contributed by atoms with Crippen molar-refractivity contribution in [2.45, 2.75) is 0 Å². The van der Waals surface area contributed by atoms with Gasteiger partial charge in [0.05, 0.1) is 22.1 Å². The quantitative estimate of drug-likeness (QED) is 0.176. The van der Waals surface area contributed by atoms with Crippen LogP contribution in [0.1, 0.15) is 0 Å². The molecule has 266 valence electrons. The normalized spacial score (nSPS) is 11.9. The van der Waals surface area contributed by atoms with Gasteiger partial charge in [-0.2, -0.15) is 0 Å². The van der Waals surface area contributed by atoms with Crippen LogP contribution in [0.5, 0.6) is 0 Å². The lowest BCUT2D eigenvalue weighted by atomic mass is 9.99. The summed E-state index contributed by atoms with van der Waals surface area (Å²) >= 11 is 0. The third-order valence-electron chi connectivity index (χ3n) is 11.1. The number of aromatic nitrogens is 4. The summed E-state index contributed by atoms with van der Waals surface area (Å²) in [6, 6.07) is 62.6. The summed E-state index contributed by atoms with van der Waals surface area (Å²) in [6.45, 7) is 0. The Morgan fingerprint density at radius 1 is 0.333 bits per heavy atom. The number of fused-ring (bicyclic) bond motifs is 9.